The van der Waals surface area contributed by atoms with E-state index in [2.05, 4.69) is 0 Å². The van der Waals surface area contributed by atoms with E-state index in [1.165, 1.54) is 19.3 Å². The molecule has 1 unspecified atom stereocenters. The lowest BCUT2D eigenvalue weighted by molar-refractivity contribution is -0.192. The third-order valence-corrected chi connectivity index (χ3v) is 4.42. The number of benzene rings is 2. The molecule has 0 saturated heterocycles. The molecular formula is C19H16F3NO3. The maximum atomic E-state index is 13.9. The van der Waals surface area contributed by atoms with Gasteiger partial charge in [0.05, 0.1) is 7.11 Å². The zero-order valence-corrected chi connectivity index (χ0v) is 13.8. The highest BCUT2D eigenvalue weighted by Crippen LogP contribution is 2.45. The van der Waals surface area contributed by atoms with E-state index in [0.717, 1.165) is 4.90 Å². The standard InChI is InChI=1S/C19H16F3NO3/c1-26-15-8-6-13(7-9-15)12-23-16-5-3-2-4-14(16)10-11-18(23,17(24)25)19(20,21)22/h2-11H,12H2,1H3,(H,24,25). The smallest absolute Gasteiger partial charge is 0.426 e. The van der Waals surface area contributed by atoms with E-state index in [1.807, 2.05) is 0 Å². The molecule has 1 aliphatic rings. The summed E-state index contributed by atoms with van der Waals surface area (Å²) >= 11 is 0. The number of fused-ring (bicyclic) bond motifs is 1. The molecule has 0 bridgehead atoms. The minimum Gasteiger partial charge on any atom is -0.497 e. The molecule has 0 saturated carbocycles. The van der Waals surface area contributed by atoms with Crippen LogP contribution in [-0.2, 0) is 11.3 Å². The van der Waals surface area contributed by atoms with Crippen LogP contribution in [-0.4, -0.2) is 29.9 Å². The molecule has 2 aromatic rings. The summed E-state index contributed by atoms with van der Waals surface area (Å²) in [5.41, 5.74) is -1.86. The Balaban J connectivity index is 2.13. The molecule has 0 radical (unpaired) electrons. The number of alkyl halides is 3. The van der Waals surface area contributed by atoms with Crippen molar-refractivity contribution in [3.05, 3.63) is 65.7 Å². The van der Waals surface area contributed by atoms with Gasteiger partial charge in [0, 0.05) is 12.2 Å². The number of methoxy groups -OCH3 is 1. The Morgan fingerprint density at radius 3 is 2.38 bits per heavy atom. The third-order valence-electron chi connectivity index (χ3n) is 4.42. The highest BCUT2D eigenvalue weighted by atomic mass is 19.4. The van der Waals surface area contributed by atoms with Crippen LogP contribution in [0.5, 0.6) is 5.75 Å². The summed E-state index contributed by atoms with van der Waals surface area (Å²) in [7, 11) is 1.49. The Hall–Kier alpha value is -2.96. The minimum atomic E-state index is -5.00. The van der Waals surface area contributed by atoms with E-state index in [-0.39, 0.29) is 12.2 Å². The molecule has 0 spiro atoms. The predicted octanol–water partition coefficient (Wildman–Crippen LogP) is 4.11. The lowest BCUT2D eigenvalue weighted by Gasteiger charge is -2.44. The van der Waals surface area contributed by atoms with E-state index in [0.29, 0.717) is 23.0 Å². The lowest BCUT2D eigenvalue weighted by Crippen LogP contribution is -2.63. The van der Waals surface area contributed by atoms with Crippen LogP contribution in [0, 0.1) is 0 Å². The largest absolute Gasteiger partial charge is 0.497 e. The van der Waals surface area contributed by atoms with Gasteiger partial charge in [-0.15, -0.1) is 0 Å². The molecule has 1 N–H and O–H groups in total. The number of nitrogens with zero attached hydrogens (tertiary/aromatic N) is 1. The topological polar surface area (TPSA) is 49.8 Å². The summed E-state index contributed by atoms with van der Waals surface area (Å²) in [6.45, 7) is -0.225. The van der Waals surface area contributed by atoms with Crippen LogP contribution in [0.3, 0.4) is 0 Å². The first kappa shape index (κ1) is 17.8. The second-order valence-corrected chi connectivity index (χ2v) is 5.90. The fourth-order valence-corrected chi connectivity index (χ4v) is 3.04. The first-order valence-corrected chi connectivity index (χ1v) is 7.78. The number of carboxylic acids is 1. The van der Waals surface area contributed by atoms with E-state index < -0.39 is 17.7 Å². The first-order valence-electron chi connectivity index (χ1n) is 7.78. The Morgan fingerprint density at radius 2 is 1.81 bits per heavy atom. The number of ether oxygens (including phenoxy) is 1. The van der Waals surface area contributed by atoms with Gasteiger partial charge < -0.3 is 14.7 Å². The van der Waals surface area contributed by atoms with Crippen LogP contribution in [0.15, 0.2) is 54.6 Å². The van der Waals surface area contributed by atoms with Crippen LogP contribution < -0.4 is 9.64 Å². The van der Waals surface area contributed by atoms with Crippen molar-refractivity contribution in [3.8, 4) is 5.75 Å². The van der Waals surface area contributed by atoms with Crippen LogP contribution in [0.2, 0.25) is 0 Å². The number of carbonyl (C=O) groups is 1. The molecule has 0 fully saturated rings. The van der Waals surface area contributed by atoms with Crippen molar-refractivity contribution in [3.63, 3.8) is 0 Å². The highest BCUT2D eigenvalue weighted by Gasteiger charge is 2.64. The monoisotopic (exact) mass is 363 g/mol. The van der Waals surface area contributed by atoms with Gasteiger partial charge in [-0.1, -0.05) is 36.4 Å². The van der Waals surface area contributed by atoms with Crippen molar-refractivity contribution in [2.24, 2.45) is 0 Å². The van der Waals surface area contributed by atoms with Gasteiger partial charge in [0.1, 0.15) is 5.75 Å². The maximum absolute atomic E-state index is 13.9. The number of halogens is 3. The number of aliphatic carboxylic acids is 1. The summed E-state index contributed by atoms with van der Waals surface area (Å²) in [6.07, 6.45) is -3.09. The maximum Gasteiger partial charge on any atom is 0.426 e. The molecule has 3 rings (SSSR count). The molecule has 0 amide bonds. The Bertz CT molecular complexity index is 846. The molecule has 1 heterocycles. The second-order valence-electron chi connectivity index (χ2n) is 5.90. The van der Waals surface area contributed by atoms with Crippen molar-refractivity contribution < 1.29 is 27.8 Å². The van der Waals surface area contributed by atoms with Gasteiger partial charge in [-0.25, -0.2) is 4.79 Å². The van der Waals surface area contributed by atoms with Gasteiger partial charge in [0.2, 0.25) is 0 Å². The van der Waals surface area contributed by atoms with Gasteiger partial charge in [0.15, 0.2) is 0 Å². The summed E-state index contributed by atoms with van der Waals surface area (Å²) in [4.78, 5) is 12.7. The van der Waals surface area contributed by atoms with Crippen molar-refractivity contribution in [2.45, 2.75) is 18.3 Å². The summed E-state index contributed by atoms with van der Waals surface area (Å²) in [6, 6.07) is 12.9. The molecule has 136 valence electrons. The third kappa shape index (κ3) is 2.79. The van der Waals surface area contributed by atoms with Crippen LogP contribution >= 0.6 is 0 Å². The summed E-state index contributed by atoms with van der Waals surface area (Å²) in [5, 5.41) is 9.55. The normalized spacial score (nSPS) is 19.2. The van der Waals surface area contributed by atoms with Crippen molar-refractivity contribution >= 4 is 17.7 Å². The SMILES string of the molecule is COc1ccc(CN2c3ccccc3C=CC2(C(=O)O)C(F)(F)F)cc1. The molecule has 0 aliphatic carbocycles. The quantitative estimate of drug-likeness (QED) is 0.888. The van der Waals surface area contributed by atoms with Crippen molar-refractivity contribution in [1.29, 1.82) is 0 Å². The summed E-state index contributed by atoms with van der Waals surface area (Å²) < 4.78 is 46.8. The minimum absolute atomic E-state index is 0.213. The number of para-hydroxylation sites is 1. The molecule has 4 nitrogen and oxygen atoms in total. The summed E-state index contributed by atoms with van der Waals surface area (Å²) in [5.74, 6) is -1.41. The zero-order valence-electron chi connectivity index (χ0n) is 13.8. The van der Waals surface area contributed by atoms with E-state index >= 15 is 0 Å². The Morgan fingerprint density at radius 1 is 1.15 bits per heavy atom. The number of hydrogen-bond acceptors (Lipinski definition) is 3. The first-order chi connectivity index (χ1) is 12.3. The number of carboxylic acid groups (broad SMARTS) is 1. The zero-order chi connectivity index (χ0) is 18.9. The molecule has 2 aromatic carbocycles. The fraction of sp³-hybridized carbons (Fsp3) is 0.211. The predicted molar refractivity (Wildman–Crippen MR) is 91.1 cm³/mol. The molecule has 26 heavy (non-hydrogen) atoms. The van der Waals surface area contributed by atoms with Gasteiger partial charge >= 0.3 is 12.1 Å². The van der Waals surface area contributed by atoms with Crippen LogP contribution in [0.4, 0.5) is 18.9 Å². The average molecular weight is 363 g/mol. The second kappa shape index (κ2) is 6.40. The van der Waals surface area contributed by atoms with Gasteiger partial charge in [-0.05, 0) is 35.4 Å². The van der Waals surface area contributed by atoms with Crippen molar-refractivity contribution in [1.82, 2.24) is 0 Å². The molecular weight excluding hydrogens is 347 g/mol. The molecule has 1 atom stereocenters. The number of anilines is 1. The van der Waals surface area contributed by atoms with Crippen LogP contribution in [0.25, 0.3) is 6.08 Å². The van der Waals surface area contributed by atoms with E-state index in [4.69, 9.17) is 4.74 Å². The highest BCUT2D eigenvalue weighted by molar-refractivity contribution is 5.93. The van der Waals surface area contributed by atoms with Crippen LogP contribution in [0.1, 0.15) is 11.1 Å². The van der Waals surface area contributed by atoms with Gasteiger partial charge in [-0.2, -0.15) is 13.2 Å². The van der Waals surface area contributed by atoms with Gasteiger partial charge in [-0.3, -0.25) is 0 Å². The molecule has 0 aromatic heterocycles. The van der Waals surface area contributed by atoms with E-state index in [9.17, 15) is 23.1 Å². The Kier molecular flexibility index (Phi) is 4.39. The number of hydrogen-bond donors (Lipinski definition) is 1. The number of rotatable bonds is 4. The van der Waals surface area contributed by atoms with Crippen molar-refractivity contribution in [2.75, 3.05) is 12.0 Å². The lowest BCUT2D eigenvalue weighted by atomic mass is 9.88. The van der Waals surface area contributed by atoms with Gasteiger partial charge in [0.25, 0.3) is 5.54 Å². The average Bonchev–Trinajstić information content (AvgIpc) is 2.61. The molecule has 1 aliphatic heterocycles. The molecule has 7 heteroatoms. The Labute approximate surface area is 148 Å². The fourth-order valence-electron chi connectivity index (χ4n) is 3.04. The van der Waals surface area contributed by atoms with E-state index in [1.54, 1.807) is 42.5 Å².